The van der Waals surface area contributed by atoms with Gasteiger partial charge in [0.2, 0.25) is 0 Å². The minimum Gasteiger partial charge on any atom is -0.497 e. The summed E-state index contributed by atoms with van der Waals surface area (Å²) >= 11 is 5.42. The van der Waals surface area contributed by atoms with Crippen LogP contribution >= 0.6 is 12.2 Å². The molecule has 0 spiro atoms. The average Bonchev–Trinajstić information content (AvgIpc) is 3.03. The molecule has 2 heterocycles. The van der Waals surface area contributed by atoms with Gasteiger partial charge in [-0.05, 0) is 93.3 Å². The Labute approximate surface area is 263 Å². The van der Waals surface area contributed by atoms with Gasteiger partial charge in [-0.2, -0.15) is 0 Å². The van der Waals surface area contributed by atoms with Crippen LogP contribution in [0.2, 0.25) is 0 Å². The Hall–Kier alpha value is -4.42. The maximum Gasteiger partial charge on any atom is 0.336 e. The molecule has 0 radical (unpaired) electrons. The zero-order valence-electron chi connectivity index (χ0n) is 25.6. The number of nitrogens with one attached hydrogen (secondary N) is 4. The molecular formula is C32H39N5O6S. The Morgan fingerprint density at radius 3 is 2.11 bits per heavy atom. The van der Waals surface area contributed by atoms with Crippen molar-refractivity contribution in [3.8, 4) is 5.75 Å². The quantitative estimate of drug-likeness (QED) is 0.196. The van der Waals surface area contributed by atoms with E-state index in [4.69, 9.17) is 26.4 Å². The average molecular weight is 622 g/mol. The monoisotopic (exact) mass is 621 g/mol. The summed E-state index contributed by atoms with van der Waals surface area (Å²) in [5.41, 5.74) is 9.68. The van der Waals surface area contributed by atoms with E-state index in [2.05, 4.69) is 38.5 Å². The molecule has 2 aromatic rings. The lowest BCUT2D eigenvalue weighted by molar-refractivity contribution is -0.137. The summed E-state index contributed by atoms with van der Waals surface area (Å²) < 4.78 is 15.4. The third-order valence-corrected chi connectivity index (χ3v) is 8.09. The van der Waals surface area contributed by atoms with Gasteiger partial charge in [-0.25, -0.2) is 9.59 Å². The molecule has 2 aliphatic rings. The molecule has 4 N–H and O–H groups in total. The zero-order valence-corrected chi connectivity index (χ0v) is 26.4. The maximum absolute atomic E-state index is 12.8. The highest BCUT2D eigenvalue weighted by Gasteiger charge is 2.37. The van der Waals surface area contributed by atoms with Crippen LogP contribution in [0.3, 0.4) is 0 Å². The Morgan fingerprint density at radius 2 is 1.50 bits per heavy atom. The molecule has 4 rings (SSSR count). The molecule has 2 aliphatic heterocycles. The largest absolute Gasteiger partial charge is 0.497 e. The number of esters is 2. The van der Waals surface area contributed by atoms with E-state index in [1.165, 1.54) is 19.8 Å². The van der Waals surface area contributed by atoms with Gasteiger partial charge in [-0.1, -0.05) is 24.3 Å². The number of benzene rings is 2. The second-order valence-corrected chi connectivity index (χ2v) is 11.1. The number of dihydropyridines is 1. The fraction of sp³-hybridized carbons (Fsp3) is 0.375. The van der Waals surface area contributed by atoms with Crippen LogP contribution in [0.5, 0.6) is 5.75 Å². The van der Waals surface area contributed by atoms with Crippen LogP contribution in [0.25, 0.3) is 0 Å². The van der Waals surface area contributed by atoms with E-state index in [0.717, 1.165) is 31.7 Å². The highest BCUT2D eigenvalue weighted by molar-refractivity contribution is 7.80. The molecular weight excluding hydrogens is 582 g/mol. The van der Waals surface area contributed by atoms with Gasteiger partial charge in [-0.15, -0.1) is 0 Å². The van der Waals surface area contributed by atoms with Crippen LogP contribution in [0.4, 0.5) is 5.69 Å². The fourth-order valence-electron chi connectivity index (χ4n) is 5.74. The van der Waals surface area contributed by atoms with Gasteiger partial charge in [0.25, 0.3) is 5.91 Å². The Kier molecular flexibility index (Phi) is 11.0. The first kappa shape index (κ1) is 32.5. The summed E-state index contributed by atoms with van der Waals surface area (Å²) in [7, 11) is 4.26. The number of carbonyl (C=O) groups is 3. The predicted octanol–water partition coefficient (Wildman–Crippen LogP) is 3.47. The molecule has 234 valence electrons. The number of methoxy groups -OCH3 is 3. The Bertz CT molecular complexity index is 1440. The fourth-order valence-corrected chi connectivity index (χ4v) is 5.90. The molecule has 0 atom stereocenters. The maximum atomic E-state index is 12.8. The molecule has 12 heteroatoms. The lowest BCUT2D eigenvalue weighted by Crippen LogP contribution is -2.48. The van der Waals surface area contributed by atoms with Crippen molar-refractivity contribution in [3.63, 3.8) is 0 Å². The normalized spacial score (nSPS) is 16.1. The number of nitrogens with zero attached hydrogens (tertiary/aromatic N) is 1. The van der Waals surface area contributed by atoms with E-state index < -0.39 is 17.9 Å². The van der Waals surface area contributed by atoms with Gasteiger partial charge in [0.1, 0.15) is 5.75 Å². The van der Waals surface area contributed by atoms with Gasteiger partial charge in [0, 0.05) is 17.1 Å². The zero-order chi connectivity index (χ0) is 31.8. The molecule has 0 bridgehead atoms. The molecule has 1 saturated heterocycles. The summed E-state index contributed by atoms with van der Waals surface area (Å²) in [6.45, 7) is 5.37. The number of anilines is 1. The number of carbonyl (C=O) groups excluding carboxylic acids is 3. The van der Waals surface area contributed by atoms with Gasteiger partial charge >= 0.3 is 11.9 Å². The van der Waals surface area contributed by atoms with Gasteiger partial charge in [0.15, 0.2) is 5.11 Å². The van der Waals surface area contributed by atoms with Crippen molar-refractivity contribution < 1.29 is 28.6 Å². The van der Waals surface area contributed by atoms with Crippen molar-refractivity contribution >= 4 is 40.9 Å². The van der Waals surface area contributed by atoms with Gasteiger partial charge < -0.3 is 24.8 Å². The number of hydrogen-bond acceptors (Lipinski definition) is 9. The predicted molar refractivity (Wildman–Crippen MR) is 171 cm³/mol. The molecule has 1 amide bonds. The molecule has 44 heavy (non-hydrogen) atoms. The summed E-state index contributed by atoms with van der Waals surface area (Å²) in [6.07, 6.45) is 1.92. The second-order valence-electron chi connectivity index (χ2n) is 10.7. The SMILES string of the molecule is COC(=O)C1=C(C)NC(C)=C(C(=O)OC)C1c1cccc(NC(=S)NNC(=O)CN2CCC(c3cccc(OC)c3)CC2)c1. The number of likely N-dealkylation sites (tertiary alicyclic amines) is 1. The molecule has 0 aromatic heterocycles. The van der Waals surface area contributed by atoms with Crippen LogP contribution in [0, 0.1) is 0 Å². The van der Waals surface area contributed by atoms with Crippen molar-refractivity contribution in [3.05, 3.63) is 82.2 Å². The number of hydrazine groups is 1. The van der Waals surface area contributed by atoms with Crippen LogP contribution in [0.1, 0.15) is 49.7 Å². The number of piperidine rings is 1. The number of amides is 1. The van der Waals surface area contributed by atoms with Crippen molar-refractivity contribution in [2.75, 3.05) is 46.3 Å². The highest BCUT2D eigenvalue weighted by Crippen LogP contribution is 2.39. The first-order chi connectivity index (χ1) is 21.1. The van der Waals surface area contributed by atoms with Crippen molar-refractivity contribution in [1.29, 1.82) is 0 Å². The van der Waals surface area contributed by atoms with E-state index in [1.807, 2.05) is 18.2 Å². The number of rotatable bonds is 8. The summed E-state index contributed by atoms with van der Waals surface area (Å²) in [5.74, 6) is -0.760. The minimum atomic E-state index is -0.729. The van der Waals surface area contributed by atoms with E-state index in [0.29, 0.717) is 39.7 Å². The summed E-state index contributed by atoms with van der Waals surface area (Å²) in [6, 6.07) is 15.3. The Balaban J connectivity index is 1.34. The Morgan fingerprint density at radius 1 is 0.886 bits per heavy atom. The topological polar surface area (TPSA) is 130 Å². The second kappa shape index (κ2) is 14.8. The third-order valence-electron chi connectivity index (χ3n) is 7.88. The van der Waals surface area contributed by atoms with Crippen LogP contribution in [-0.4, -0.2) is 68.8 Å². The van der Waals surface area contributed by atoms with E-state index in [1.54, 1.807) is 39.2 Å². The smallest absolute Gasteiger partial charge is 0.336 e. The first-order valence-corrected chi connectivity index (χ1v) is 14.7. The number of thiocarbonyl (C=S) groups is 1. The van der Waals surface area contributed by atoms with Crippen molar-refractivity contribution in [2.24, 2.45) is 0 Å². The molecule has 0 aliphatic carbocycles. The third kappa shape index (κ3) is 7.74. The lowest BCUT2D eigenvalue weighted by Gasteiger charge is -2.31. The van der Waals surface area contributed by atoms with E-state index in [9.17, 15) is 14.4 Å². The number of hydrogen-bond donors (Lipinski definition) is 4. The molecule has 11 nitrogen and oxygen atoms in total. The standard InChI is InChI=1S/C32H39N5O6S/c1-19-27(30(39)42-4)29(28(20(2)33-19)31(40)43-5)23-9-6-10-24(16-23)34-32(44)36-35-26(38)18-37-14-12-21(13-15-37)22-8-7-11-25(17-22)41-3/h6-11,16-17,21,29,33H,12-15,18H2,1-5H3,(H,35,38)(H2,34,36,44). The highest BCUT2D eigenvalue weighted by atomic mass is 32.1. The van der Waals surface area contributed by atoms with Crippen LogP contribution < -0.4 is 26.2 Å². The lowest BCUT2D eigenvalue weighted by atomic mass is 9.80. The molecule has 0 unspecified atom stereocenters. The van der Waals surface area contributed by atoms with Crippen LogP contribution in [0.15, 0.2) is 71.1 Å². The van der Waals surface area contributed by atoms with Gasteiger partial charge in [-0.3, -0.25) is 20.5 Å². The molecule has 2 aromatic carbocycles. The van der Waals surface area contributed by atoms with Crippen LogP contribution in [-0.2, 0) is 23.9 Å². The minimum absolute atomic E-state index is 0.178. The van der Waals surface area contributed by atoms with E-state index >= 15 is 0 Å². The molecule has 0 saturated carbocycles. The first-order valence-electron chi connectivity index (χ1n) is 14.3. The van der Waals surface area contributed by atoms with Crippen molar-refractivity contribution in [2.45, 2.75) is 38.5 Å². The number of allylic oxidation sites excluding steroid dienone is 2. The number of ether oxygens (including phenoxy) is 3. The van der Waals surface area contributed by atoms with E-state index in [-0.39, 0.29) is 17.6 Å². The van der Waals surface area contributed by atoms with Crippen molar-refractivity contribution in [1.82, 2.24) is 21.1 Å². The molecule has 1 fully saturated rings. The summed E-state index contributed by atoms with van der Waals surface area (Å²) in [4.78, 5) is 40.4. The summed E-state index contributed by atoms with van der Waals surface area (Å²) in [5, 5.41) is 6.32. The van der Waals surface area contributed by atoms with Gasteiger partial charge in [0.05, 0.1) is 44.9 Å².